The predicted molar refractivity (Wildman–Crippen MR) is 174 cm³/mol. The Kier molecular flexibility index (Phi) is 13.8. The van der Waals surface area contributed by atoms with Crippen molar-refractivity contribution in [2.75, 3.05) is 0 Å². The lowest BCUT2D eigenvalue weighted by Crippen LogP contribution is -2.68. The average Bonchev–Trinajstić information content (AvgIpc) is 2.80. The van der Waals surface area contributed by atoms with Crippen molar-refractivity contribution in [2.45, 2.75) is 168 Å². The molecule has 280 valence electrons. The maximum Gasteiger partial charge on any atom is 0.522 e. The van der Waals surface area contributed by atoms with Crippen LogP contribution in [-0.2, 0) is 29.3 Å². The highest BCUT2D eigenvalue weighted by Gasteiger charge is 2.61. The zero-order chi connectivity index (χ0) is 37.9. The molecule has 0 spiro atoms. The Hall–Kier alpha value is -2.42. The highest BCUT2D eigenvalue weighted by molar-refractivity contribution is 7.86. The average molecular weight is 715 g/mol. The number of rotatable bonds is 11. The Balaban J connectivity index is 0.00000127. The standard InChI is InChI=1S/C32H56N2O6.CHF3O3S/c1-22(35)33-28(3,4)18-24(19-29(33,5)6)32(27(39)40,17-15-13-11-12-14-16-26(37)38)25-20-30(7,8)34(23(2)36)31(9,10)21-25;2-1(3,4)8(5,6)7/h24-25H,11-21H2,1-10H3,(H,37,38)(H,39,40);(H,5,6,7). The highest BCUT2D eigenvalue weighted by Crippen LogP contribution is 2.58. The smallest absolute Gasteiger partial charge is 0.481 e. The molecule has 0 aliphatic carbocycles. The zero-order valence-corrected chi connectivity index (χ0v) is 31.0. The van der Waals surface area contributed by atoms with Gasteiger partial charge in [-0.3, -0.25) is 23.7 Å². The fourth-order valence-corrected chi connectivity index (χ4v) is 9.42. The predicted octanol–water partition coefficient (Wildman–Crippen LogP) is 6.90. The first-order chi connectivity index (χ1) is 21.4. The van der Waals surface area contributed by atoms with E-state index in [9.17, 15) is 37.5 Å². The van der Waals surface area contributed by atoms with Crippen LogP contribution in [0.15, 0.2) is 0 Å². The number of alkyl halides is 3. The Morgan fingerprint density at radius 2 is 0.958 bits per heavy atom. The van der Waals surface area contributed by atoms with Crippen molar-refractivity contribution in [3.63, 3.8) is 0 Å². The number of nitrogens with zero attached hydrogens (tertiary/aromatic N) is 2. The van der Waals surface area contributed by atoms with E-state index in [1.807, 2.05) is 9.80 Å². The summed E-state index contributed by atoms with van der Waals surface area (Å²) in [6.07, 6.45) is 7.06. The van der Waals surface area contributed by atoms with Crippen LogP contribution < -0.4 is 0 Å². The minimum absolute atomic E-state index is 0.00719. The Bertz CT molecular complexity index is 1200. The molecular formula is C33H57F3N2O9S. The maximum absolute atomic E-state index is 13.7. The molecule has 0 saturated carbocycles. The molecule has 2 fully saturated rings. The molecule has 2 aliphatic rings. The quantitative estimate of drug-likeness (QED) is 0.117. The molecular weight excluding hydrogens is 657 g/mol. The van der Waals surface area contributed by atoms with Crippen molar-refractivity contribution in [3.05, 3.63) is 0 Å². The number of hydrogen-bond donors (Lipinski definition) is 3. The highest BCUT2D eigenvalue weighted by atomic mass is 32.2. The fourth-order valence-electron chi connectivity index (χ4n) is 9.42. The molecule has 2 aliphatic heterocycles. The van der Waals surface area contributed by atoms with Gasteiger partial charge in [0, 0.05) is 42.4 Å². The van der Waals surface area contributed by atoms with Crippen LogP contribution >= 0.6 is 0 Å². The van der Waals surface area contributed by atoms with Crippen molar-refractivity contribution in [1.82, 2.24) is 9.80 Å². The van der Waals surface area contributed by atoms with Crippen LogP contribution in [0.1, 0.15) is 140 Å². The summed E-state index contributed by atoms with van der Waals surface area (Å²) in [5.41, 5.74) is -8.54. The number of aliphatic carboxylic acids is 2. The van der Waals surface area contributed by atoms with Crippen LogP contribution in [0.5, 0.6) is 0 Å². The van der Waals surface area contributed by atoms with Crippen molar-refractivity contribution in [3.8, 4) is 0 Å². The summed E-state index contributed by atoms with van der Waals surface area (Å²) in [5, 5.41) is 20.2. The van der Waals surface area contributed by atoms with Crippen molar-refractivity contribution < 1.29 is 55.5 Å². The second kappa shape index (κ2) is 15.2. The third-order valence-electron chi connectivity index (χ3n) is 10.2. The topological polar surface area (TPSA) is 170 Å². The summed E-state index contributed by atoms with van der Waals surface area (Å²) in [7, 11) is -5.84. The SMILES string of the molecule is CC(=O)N1C(C)(C)CC(C(CCCCCCCC(=O)O)(C(=O)O)C2CC(C)(C)N(C(C)=O)C(C)(C)C2)CC1(C)C.O=S(=O)(O)C(F)(F)F. The number of piperidine rings is 2. The molecule has 0 bridgehead atoms. The number of carbonyl (C=O) groups is 4. The second-order valence-corrected chi connectivity index (χ2v) is 17.5. The number of carboxylic acid groups (broad SMARTS) is 2. The molecule has 11 nitrogen and oxygen atoms in total. The fraction of sp³-hybridized carbons (Fsp3) is 0.879. The van der Waals surface area contributed by atoms with Crippen LogP contribution in [0.25, 0.3) is 0 Å². The van der Waals surface area contributed by atoms with E-state index >= 15 is 0 Å². The number of amides is 2. The summed E-state index contributed by atoms with van der Waals surface area (Å²) in [4.78, 5) is 54.0. The Morgan fingerprint density at radius 3 is 1.21 bits per heavy atom. The van der Waals surface area contributed by atoms with E-state index in [-0.39, 0.29) is 30.1 Å². The van der Waals surface area contributed by atoms with Gasteiger partial charge in [-0.05, 0) is 106 Å². The Labute approximate surface area is 283 Å². The summed E-state index contributed by atoms with van der Waals surface area (Å²) in [6, 6.07) is 0. The maximum atomic E-state index is 13.7. The summed E-state index contributed by atoms with van der Waals surface area (Å²) in [5.74, 6) is -1.81. The van der Waals surface area contributed by atoms with E-state index in [2.05, 4.69) is 55.4 Å². The normalized spacial score (nSPS) is 21.2. The molecule has 0 aromatic heterocycles. The van der Waals surface area contributed by atoms with Gasteiger partial charge in [0.25, 0.3) is 0 Å². The Morgan fingerprint density at radius 1 is 0.667 bits per heavy atom. The van der Waals surface area contributed by atoms with E-state index in [4.69, 9.17) is 18.1 Å². The van der Waals surface area contributed by atoms with Crippen molar-refractivity contribution in [2.24, 2.45) is 17.3 Å². The van der Waals surface area contributed by atoms with Crippen LogP contribution in [0.2, 0.25) is 0 Å². The van der Waals surface area contributed by atoms with Gasteiger partial charge in [0.15, 0.2) is 0 Å². The molecule has 48 heavy (non-hydrogen) atoms. The van der Waals surface area contributed by atoms with Gasteiger partial charge in [-0.2, -0.15) is 21.6 Å². The summed E-state index contributed by atoms with van der Waals surface area (Å²) < 4.78 is 57.5. The van der Waals surface area contributed by atoms with E-state index in [1.54, 1.807) is 13.8 Å². The molecule has 0 aromatic carbocycles. The summed E-state index contributed by atoms with van der Waals surface area (Å²) in [6.45, 7) is 19.7. The van der Waals surface area contributed by atoms with Gasteiger partial charge in [-0.15, -0.1) is 0 Å². The molecule has 2 rings (SSSR count). The van der Waals surface area contributed by atoms with E-state index < -0.39 is 55.1 Å². The largest absolute Gasteiger partial charge is 0.522 e. The minimum Gasteiger partial charge on any atom is -0.481 e. The van der Waals surface area contributed by atoms with Gasteiger partial charge >= 0.3 is 27.6 Å². The van der Waals surface area contributed by atoms with Gasteiger partial charge < -0.3 is 20.0 Å². The number of carbonyl (C=O) groups excluding carboxylic acids is 2. The van der Waals surface area contributed by atoms with Crippen LogP contribution in [0.4, 0.5) is 13.2 Å². The number of unbranched alkanes of at least 4 members (excludes halogenated alkanes) is 4. The third kappa shape index (κ3) is 10.3. The van der Waals surface area contributed by atoms with E-state index in [0.717, 1.165) is 25.7 Å². The molecule has 2 heterocycles. The van der Waals surface area contributed by atoms with Crippen LogP contribution in [-0.4, -0.2) is 84.4 Å². The molecule has 0 aromatic rings. The molecule has 3 N–H and O–H groups in total. The molecule has 0 atom stereocenters. The first kappa shape index (κ1) is 43.6. The lowest BCUT2D eigenvalue weighted by molar-refractivity contribution is -0.182. The number of hydrogen-bond acceptors (Lipinski definition) is 6. The third-order valence-corrected chi connectivity index (χ3v) is 10.7. The van der Waals surface area contributed by atoms with E-state index in [1.165, 1.54) is 0 Å². The molecule has 15 heteroatoms. The van der Waals surface area contributed by atoms with Gasteiger partial charge in [-0.25, -0.2) is 0 Å². The van der Waals surface area contributed by atoms with Crippen molar-refractivity contribution in [1.29, 1.82) is 0 Å². The van der Waals surface area contributed by atoms with Gasteiger partial charge in [0.2, 0.25) is 11.8 Å². The molecule has 0 radical (unpaired) electrons. The number of halogens is 3. The monoisotopic (exact) mass is 714 g/mol. The van der Waals surface area contributed by atoms with Crippen LogP contribution in [0, 0.1) is 17.3 Å². The number of likely N-dealkylation sites (tertiary alicyclic amines) is 2. The molecule has 0 unspecified atom stereocenters. The van der Waals surface area contributed by atoms with Crippen LogP contribution in [0.3, 0.4) is 0 Å². The van der Waals surface area contributed by atoms with Gasteiger partial charge in [0.1, 0.15) is 0 Å². The van der Waals surface area contributed by atoms with Crippen molar-refractivity contribution >= 4 is 33.9 Å². The first-order valence-electron chi connectivity index (χ1n) is 16.5. The van der Waals surface area contributed by atoms with Gasteiger partial charge in [0.05, 0.1) is 5.41 Å². The lowest BCUT2D eigenvalue weighted by Gasteiger charge is -2.62. The first-order valence-corrected chi connectivity index (χ1v) is 17.9. The summed E-state index contributed by atoms with van der Waals surface area (Å²) >= 11 is 0. The molecule has 2 amide bonds. The van der Waals surface area contributed by atoms with E-state index in [0.29, 0.717) is 38.5 Å². The molecule has 2 saturated heterocycles. The second-order valence-electron chi connectivity index (χ2n) is 16.1. The zero-order valence-electron chi connectivity index (χ0n) is 30.2. The minimum atomic E-state index is -5.84. The number of carboxylic acids is 2. The van der Waals surface area contributed by atoms with Gasteiger partial charge in [-0.1, -0.05) is 25.7 Å². The lowest BCUT2D eigenvalue weighted by atomic mass is 9.52.